The van der Waals surface area contributed by atoms with Crippen molar-refractivity contribution >= 4 is 40.1 Å². The number of hydrogen-bond acceptors (Lipinski definition) is 2. The molecule has 0 atom stereocenters. The zero-order chi connectivity index (χ0) is 15.4. The first-order valence-corrected chi connectivity index (χ1v) is 7.38. The number of nitrogens with zero attached hydrogens (tertiary/aromatic N) is 1. The maximum atomic E-state index is 12.1. The van der Waals surface area contributed by atoms with Crippen molar-refractivity contribution in [1.82, 2.24) is 0 Å². The van der Waals surface area contributed by atoms with E-state index in [-0.39, 0.29) is 12.5 Å². The van der Waals surface area contributed by atoms with Crippen LogP contribution in [0.2, 0.25) is 0 Å². The summed E-state index contributed by atoms with van der Waals surface area (Å²) in [7, 11) is 0. The van der Waals surface area contributed by atoms with E-state index in [9.17, 15) is 9.59 Å². The maximum absolute atomic E-state index is 12.1. The summed E-state index contributed by atoms with van der Waals surface area (Å²) in [6.07, 6.45) is 3.27. The minimum Gasteiger partial charge on any atom is -0.365 e. The standard InChI is InChI=1S/C15H14IN3O2/c1-10-7-12(16)4-5-13(10)18-14(20)9-19-6-2-3-11(8-19)15(17)21/h2-8H,9H2,1H3,(H2-,17,18,20,21)/p+1. The van der Waals surface area contributed by atoms with Crippen molar-refractivity contribution in [3.63, 3.8) is 0 Å². The summed E-state index contributed by atoms with van der Waals surface area (Å²) < 4.78 is 2.74. The van der Waals surface area contributed by atoms with Crippen LogP contribution >= 0.6 is 22.6 Å². The molecule has 2 amide bonds. The Morgan fingerprint density at radius 1 is 1.33 bits per heavy atom. The number of pyridine rings is 1. The van der Waals surface area contributed by atoms with Crippen molar-refractivity contribution in [2.45, 2.75) is 13.5 Å². The highest BCUT2D eigenvalue weighted by Crippen LogP contribution is 2.17. The lowest BCUT2D eigenvalue weighted by molar-refractivity contribution is -0.684. The number of carbonyl (C=O) groups is 2. The molecule has 1 aromatic heterocycles. The SMILES string of the molecule is Cc1cc(I)ccc1NC(=O)C[n+]1cccc(C(N)=O)c1. The first-order valence-electron chi connectivity index (χ1n) is 6.30. The number of aryl methyl sites for hydroxylation is 1. The third-order valence-corrected chi connectivity index (χ3v) is 3.60. The molecule has 21 heavy (non-hydrogen) atoms. The normalized spacial score (nSPS) is 10.2. The molecule has 108 valence electrons. The molecular weight excluding hydrogens is 381 g/mol. The summed E-state index contributed by atoms with van der Waals surface area (Å²) in [6, 6.07) is 9.10. The summed E-state index contributed by atoms with van der Waals surface area (Å²) in [5.41, 5.74) is 7.38. The van der Waals surface area contributed by atoms with E-state index in [0.29, 0.717) is 5.56 Å². The van der Waals surface area contributed by atoms with Crippen molar-refractivity contribution in [2.75, 3.05) is 5.32 Å². The number of primary amides is 1. The van der Waals surface area contributed by atoms with Crippen LogP contribution in [-0.2, 0) is 11.3 Å². The molecule has 0 saturated heterocycles. The molecule has 1 aromatic carbocycles. The fourth-order valence-corrected chi connectivity index (χ4v) is 2.54. The summed E-state index contributed by atoms with van der Waals surface area (Å²) >= 11 is 2.22. The minimum atomic E-state index is -0.516. The lowest BCUT2D eigenvalue weighted by Crippen LogP contribution is -2.40. The Hall–Kier alpha value is -1.96. The van der Waals surface area contributed by atoms with Gasteiger partial charge >= 0.3 is 0 Å². The van der Waals surface area contributed by atoms with E-state index in [2.05, 4.69) is 27.9 Å². The first-order chi connectivity index (χ1) is 9.95. The number of halogens is 1. The molecule has 2 aromatic rings. The summed E-state index contributed by atoms with van der Waals surface area (Å²) in [5.74, 6) is -0.677. The Bertz CT molecular complexity index is 701. The van der Waals surface area contributed by atoms with E-state index >= 15 is 0 Å². The molecule has 2 rings (SSSR count). The average Bonchev–Trinajstić information content (AvgIpc) is 2.42. The van der Waals surface area contributed by atoms with Crippen LogP contribution < -0.4 is 15.6 Å². The van der Waals surface area contributed by atoms with Crippen LogP contribution in [0.1, 0.15) is 15.9 Å². The van der Waals surface area contributed by atoms with Gasteiger partial charge in [0.25, 0.3) is 11.8 Å². The van der Waals surface area contributed by atoms with Gasteiger partial charge in [-0.25, -0.2) is 0 Å². The third-order valence-electron chi connectivity index (χ3n) is 2.93. The van der Waals surface area contributed by atoms with Crippen molar-refractivity contribution in [1.29, 1.82) is 0 Å². The Morgan fingerprint density at radius 2 is 2.10 bits per heavy atom. The lowest BCUT2D eigenvalue weighted by Gasteiger charge is -2.07. The number of amides is 2. The Balaban J connectivity index is 2.08. The topological polar surface area (TPSA) is 76.1 Å². The van der Waals surface area contributed by atoms with E-state index in [1.807, 2.05) is 25.1 Å². The van der Waals surface area contributed by atoms with Gasteiger partial charge in [-0.05, 0) is 59.3 Å². The second-order valence-corrected chi connectivity index (χ2v) is 5.88. The van der Waals surface area contributed by atoms with E-state index in [0.717, 1.165) is 14.8 Å². The molecule has 1 heterocycles. The zero-order valence-electron chi connectivity index (χ0n) is 11.5. The molecule has 5 nitrogen and oxygen atoms in total. The van der Waals surface area contributed by atoms with Crippen LogP contribution in [0.3, 0.4) is 0 Å². The van der Waals surface area contributed by atoms with Gasteiger partial charge in [-0.2, -0.15) is 4.57 Å². The van der Waals surface area contributed by atoms with Crippen LogP contribution in [0, 0.1) is 10.5 Å². The van der Waals surface area contributed by atoms with Gasteiger partial charge in [0.1, 0.15) is 5.56 Å². The average molecular weight is 396 g/mol. The summed E-state index contributed by atoms with van der Waals surface area (Å²) in [6.45, 7) is 2.06. The zero-order valence-corrected chi connectivity index (χ0v) is 13.6. The predicted octanol–water partition coefficient (Wildman–Crippen LogP) is 1.62. The van der Waals surface area contributed by atoms with E-state index < -0.39 is 5.91 Å². The van der Waals surface area contributed by atoms with Crippen LogP contribution in [0.25, 0.3) is 0 Å². The Kier molecular flexibility index (Phi) is 4.89. The summed E-state index contributed by atoms with van der Waals surface area (Å²) in [5, 5.41) is 2.86. The Morgan fingerprint density at radius 3 is 2.76 bits per heavy atom. The third kappa shape index (κ3) is 4.25. The molecular formula is C15H15IN3O2+. The van der Waals surface area contributed by atoms with Crippen molar-refractivity contribution < 1.29 is 14.2 Å². The second-order valence-electron chi connectivity index (χ2n) is 4.64. The highest BCUT2D eigenvalue weighted by atomic mass is 127. The van der Waals surface area contributed by atoms with Crippen LogP contribution in [-0.4, -0.2) is 11.8 Å². The van der Waals surface area contributed by atoms with Gasteiger partial charge in [-0.1, -0.05) is 0 Å². The molecule has 0 fully saturated rings. The largest absolute Gasteiger partial charge is 0.365 e. The Labute approximate surface area is 136 Å². The van der Waals surface area contributed by atoms with Crippen LogP contribution in [0.4, 0.5) is 5.69 Å². The highest BCUT2D eigenvalue weighted by Gasteiger charge is 2.13. The second kappa shape index (κ2) is 6.66. The van der Waals surface area contributed by atoms with Gasteiger partial charge in [-0.3, -0.25) is 9.59 Å². The number of nitrogens with two attached hydrogens (primary N) is 1. The number of rotatable bonds is 4. The molecule has 0 radical (unpaired) electrons. The number of carbonyl (C=O) groups excluding carboxylic acids is 2. The van der Waals surface area contributed by atoms with E-state index in [1.54, 1.807) is 29.1 Å². The molecule has 0 unspecified atom stereocenters. The molecule has 3 N–H and O–H groups in total. The number of benzene rings is 1. The summed E-state index contributed by atoms with van der Waals surface area (Å²) in [4.78, 5) is 23.2. The molecule has 0 aliphatic heterocycles. The van der Waals surface area contributed by atoms with Crippen molar-refractivity contribution in [2.24, 2.45) is 5.73 Å². The fourth-order valence-electron chi connectivity index (χ4n) is 1.89. The molecule has 0 bridgehead atoms. The van der Waals surface area contributed by atoms with Crippen LogP contribution in [0.15, 0.2) is 42.7 Å². The number of anilines is 1. The monoisotopic (exact) mass is 396 g/mol. The van der Waals surface area contributed by atoms with Gasteiger partial charge in [0.2, 0.25) is 6.54 Å². The van der Waals surface area contributed by atoms with Gasteiger partial charge < -0.3 is 11.1 Å². The van der Waals surface area contributed by atoms with E-state index in [1.165, 1.54) is 0 Å². The van der Waals surface area contributed by atoms with E-state index in [4.69, 9.17) is 5.73 Å². The van der Waals surface area contributed by atoms with Crippen molar-refractivity contribution in [3.8, 4) is 0 Å². The van der Waals surface area contributed by atoms with Gasteiger partial charge in [0.05, 0.1) is 0 Å². The minimum absolute atomic E-state index is 0.118. The quantitative estimate of drug-likeness (QED) is 0.609. The van der Waals surface area contributed by atoms with Crippen LogP contribution in [0.5, 0.6) is 0 Å². The number of hydrogen-bond donors (Lipinski definition) is 2. The molecule has 6 heteroatoms. The van der Waals surface area contributed by atoms with Crippen molar-refractivity contribution in [3.05, 3.63) is 57.4 Å². The fraction of sp³-hybridized carbons (Fsp3) is 0.133. The van der Waals surface area contributed by atoms with Gasteiger partial charge in [0.15, 0.2) is 12.4 Å². The smallest absolute Gasteiger partial charge is 0.290 e. The highest BCUT2D eigenvalue weighted by molar-refractivity contribution is 14.1. The maximum Gasteiger partial charge on any atom is 0.290 e. The molecule has 0 aliphatic carbocycles. The van der Waals surface area contributed by atoms with Gasteiger partial charge in [0, 0.05) is 15.3 Å². The first kappa shape index (κ1) is 15.4. The number of aromatic nitrogens is 1. The predicted molar refractivity (Wildman–Crippen MR) is 87.7 cm³/mol. The number of nitrogens with one attached hydrogen (secondary N) is 1. The molecule has 0 spiro atoms. The molecule has 0 aliphatic rings. The molecule has 0 saturated carbocycles. The lowest BCUT2D eigenvalue weighted by atomic mass is 10.2. The van der Waals surface area contributed by atoms with Gasteiger partial charge in [-0.15, -0.1) is 0 Å².